The summed E-state index contributed by atoms with van der Waals surface area (Å²) in [4.78, 5) is 33.3. The number of anilines is 1. The first kappa shape index (κ1) is 24.9. The molecule has 1 amide bonds. The van der Waals surface area contributed by atoms with Gasteiger partial charge in [0.2, 0.25) is 0 Å². The van der Waals surface area contributed by atoms with Gasteiger partial charge in [-0.15, -0.1) is 0 Å². The number of hydrogen-bond acceptors (Lipinski definition) is 8. The Bertz CT molecular complexity index is 1690. The van der Waals surface area contributed by atoms with Crippen molar-refractivity contribution in [3.8, 4) is 17.2 Å². The highest BCUT2D eigenvalue weighted by Gasteiger charge is 2.48. The topological polar surface area (TPSA) is 98.2 Å². The number of fused-ring (bicyclic) bond motifs is 2. The number of amides is 1. The van der Waals surface area contributed by atoms with Crippen LogP contribution in [0, 0.1) is 6.92 Å². The summed E-state index contributed by atoms with van der Waals surface area (Å²) in [6.45, 7) is 3.96. The fraction of sp³-hybridized carbons (Fsp3) is 0.233. The Labute approximate surface area is 229 Å². The Kier molecular flexibility index (Phi) is 6.03. The molecule has 3 aromatic carbocycles. The second-order valence-corrected chi connectivity index (χ2v) is 10.7. The number of thiazole rings is 1. The molecule has 6 rings (SSSR count). The van der Waals surface area contributed by atoms with Crippen LogP contribution in [0.1, 0.15) is 35.2 Å². The van der Waals surface area contributed by atoms with E-state index >= 15 is 0 Å². The molecule has 0 radical (unpaired) electrons. The van der Waals surface area contributed by atoms with Gasteiger partial charge in [0.25, 0.3) is 5.78 Å². The third-order valence-corrected chi connectivity index (χ3v) is 8.09. The van der Waals surface area contributed by atoms with Crippen LogP contribution in [0.3, 0.4) is 0 Å². The van der Waals surface area contributed by atoms with Crippen LogP contribution >= 0.6 is 11.3 Å². The van der Waals surface area contributed by atoms with E-state index in [2.05, 4.69) is 4.98 Å². The number of methoxy groups -OCH3 is 2. The predicted molar refractivity (Wildman–Crippen MR) is 149 cm³/mol. The number of carbonyl (C=O) groups is 2. The number of ketones is 1. The molecular weight excluding hydrogens is 516 g/mol. The van der Waals surface area contributed by atoms with E-state index < -0.39 is 17.7 Å². The standard InChI is InChI=1S/C30H26N2O6S/c1-15-5-8-20-24(11-15)39-30(31-20)32-26(17-6-10-22(36-3)23(14-17)37-4)25(28(34)29(32)35)27(33)18-7-9-21-19(13-18)12-16(2)38-21/h5-11,13-14,16,26,33H,12H2,1-4H3/b27-25+/t16-,26+/m1/s1. The van der Waals surface area contributed by atoms with Gasteiger partial charge in [-0.1, -0.05) is 23.5 Å². The van der Waals surface area contributed by atoms with Crippen molar-refractivity contribution < 1.29 is 28.9 Å². The predicted octanol–water partition coefficient (Wildman–Crippen LogP) is 5.57. The van der Waals surface area contributed by atoms with Gasteiger partial charge in [-0.2, -0.15) is 0 Å². The number of aryl methyl sites for hydroxylation is 1. The summed E-state index contributed by atoms with van der Waals surface area (Å²) < 4.78 is 17.6. The first-order chi connectivity index (χ1) is 18.8. The van der Waals surface area contributed by atoms with E-state index in [0.717, 1.165) is 27.1 Å². The van der Waals surface area contributed by atoms with Crippen molar-refractivity contribution in [2.45, 2.75) is 32.4 Å². The Hall–Kier alpha value is -4.37. The third-order valence-electron chi connectivity index (χ3n) is 7.08. The van der Waals surface area contributed by atoms with E-state index in [4.69, 9.17) is 14.2 Å². The molecule has 1 aromatic heterocycles. The maximum Gasteiger partial charge on any atom is 0.301 e. The van der Waals surface area contributed by atoms with Crippen LogP contribution in [-0.2, 0) is 16.0 Å². The first-order valence-corrected chi connectivity index (χ1v) is 13.3. The summed E-state index contributed by atoms with van der Waals surface area (Å²) >= 11 is 1.32. The molecule has 2 atom stereocenters. The Balaban J connectivity index is 1.55. The number of rotatable bonds is 5. The molecule has 9 heteroatoms. The smallest absolute Gasteiger partial charge is 0.301 e. The molecular formula is C30H26N2O6S. The summed E-state index contributed by atoms with van der Waals surface area (Å²) in [5.74, 6) is -0.112. The minimum atomic E-state index is -0.935. The zero-order valence-corrected chi connectivity index (χ0v) is 22.7. The lowest BCUT2D eigenvalue weighted by Gasteiger charge is -2.23. The number of hydrogen-bond donors (Lipinski definition) is 1. The van der Waals surface area contributed by atoms with Crippen LogP contribution in [0.4, 0.5) is 5.13 Å². The van der Waals surface area contributed by atoms with Crippen molar-refractivity contribution in [3.05, 3.63) is 82.4 Å². The maximum atomic E-state index is 13.6. The second kappa shape index (κ2) is 9.43. The molecule has 39 heavy (non-hydrogen) atoms. The Morgan fingerprint density at radius 2 is 1.85 bits per heavy atom. The van der Waals surface area contributed by atoms with Crippen molar-refractivity contribution in [1.82, 2.24) is 4.98 Å². The van der Waals surface area contributed by atoms with E-state index in [9.17, 15) is 14.7 Å². The van der Waals surface area contributed by atoms with Crippen LogP contribution in [-0.4, -0.2) is 42.1 Å². The van der Waals surface area contributed by atoms with E-state index in [-0.39, 0.29) is 17.4 Å². The average molecular weight is 543 g/mol. The minimum Gasteiger partial charge on any atom is -0.507 e. The number of benzene rings is 3. The number of carbonyl (C=O) groups excluding carboxylic acids is 2. The van der Waals surface area contributed by atoms with Crippen molar-refractivity contribution in [1.29, 1.82) is 0 Å². The molecule has 3 heterocycles. The molecule has 0 spiro atoms. The molecule has 0 aliphatic carbocycles. The third kappa shape index (κ3) is 4.10. The van der Waals surface area contributed by atoms with Gasteiger partial charge in [0, 0.05) is 12.0 Å². The lowest BCUT2D eigenvalue weighted by molar-refractivity contribution is -0.132. The van der Waals surface area contributed by atoms with E-state index in [1.807, 2.05) is 38.1 Å². The zero-order chi connectivity index (χ0) is 27.4. The van der Waals surface area contributed by atoms with Crippen molar-refractivity contribution >= 4 is 44.1 Å². The fourth-order valence-corrected chi connectivity index (χ4v) is 6.31. The van der Waals surface area contributed by atoms with Gasteiger partial charge in [-0.3, -0.25) is 14.5 Å². The average Bonchev–Trinajstić information content (AvgIpc) is 3.59. The molecule has 198 valence electrons. The molecule has 0 saturated carbocycles. The summed E-state index contributed by atoms with van der Waals surface area (Å²) in [6, 6.07) is 15.4. The zero-order valence-electron chi connectivity index (χ0n) is 21.8. The van der Waals surface area contributed by atoms with Crippen molar-refractivity contribution in [2.75, 3.05) is 19.1 Å². The molecule has 8 nitrogen and oxygen atoms in total. The number of nitrogens with zero attached hydrogens (tertiary/aromatic N) is 2. The van der Waals surface area contributed by atoms with Gasteiger partial charge >= 0.3 is 5.91 Å². The number of aliphatic hydroxyl groups is 1. The summed E-state index contributed by atoms with van der Waals surface area (Å²) in [5, 5.41) is 11.9. The summed E-state index contributed by atoms with van der Waals surface area (Å²) in [7, 11) is 3.05. The van der Waals surface area contributed by atoms with Gasteiger partial charge < -0.3 is 19.3 Å². The monoisotopic (exact) mass is 542 g/mol. The highest BCUT2D eigenvalue weighted by molar-refractivity contribution is 7.22. The molecule has 4 aromatic rings. The Morgan fingerprint density at radius 1 is 1.05 bits per heavy atom. The first-order valence-electron chi connectivity index (χ1n) is 12.5. The maximum absolute atomic E-state index is 13.6. The molecule has 1 saturated heterocycles. The van der Waals surface area contributed by atoms with Gasteiger partial charge in [0.05, 0.1) is 36.1 Å². The number of aromatic nitrogens is 1. The van der Waals surface area contributed by atoms with E-state index in [0.29, 0.717) is 34.2 Å². The van der Waals surface area contributed by atoms with Crippen LogP contribution < -0.4 is 19.1 Å². The summed E-state index contributed by atoms with van der Waals surface area (Å²) in [6.07, 6.45) is 0.715. The number of Topliss-reactive ketones (excluding diaryl/α,β-unsaturated/α-hetero) is 1. The largest absolute Gasteiger partial charge is 0.507 e. The SMILES string of the molecule is COc1ccc([C@H]2/C(=C(\O)c3ccc4c(c3)C[C@@H](C)O4)C(=O)C(=O)N2c2nc3ccc(C)cc3s2)cc1OC. The van der Waals surface area contributed by atoms with E-state index in [1.54, 1.807) is 30.3 Å². The molecule has 0 unspecified atom stereocenters. The van der Waals surface area contributed by atoms with Gasteiger partial charge in [0.1, 0.15) is 17.6 Å². The second-order valence-electron chi connectivity index (χ2n) is 9.71. The molecule has 2 aliphatic rings. The summed E-state index contributed by atoms with van der Waals surface area (Å²) in [5.41, 5.74) is 3.71. The highest BCUT2D eigenvalue weighted by atomic mass is 32.1. The lowest BCUT2D eigenvalue weighted by Crippen LogP contribution is -2.29. The van der Waals surface area contributed by atoms with Crippen molar-refractivity contribution in [3.63, 3.8) is 0 Å². The molecule has 0 bridgehead atoms. The molecule has 1 N–H and O–H groups in total. The van der Waals surface area contributed by atoms with Crippen molar-refractivity contribution in [2.24, 2.45) is 0 Å². The van der Waals surface area contributed by atoms with Gasteiger partial charge in [0.15, 0.2) is 16.6 Å². The number of aliphatic hydroxyl groups excluding tert-OH is 1. The van der Waals surface area contributed by atoms with Crippen LogP contribution in [0.2, 0.25) is 0 Å². The number of ether oxygens (including phenoxy) is 3. The van der Waals surface area contributed by atoms with Gasteiger partial charge in [-0.25, -0.2) is 4.98 Å². The Morgan fingerprint density at radius 3 is 2.62 bits per heavy atom. The quantitative estimate of drug-likeness (QED) is 0.200. The highest BCUT2D eigenvalue weighted by Crippen LogP contribution is 2.46. The molecule has 2 aliphatic heterocycles. The lowest BCUT2D eigenvalue weighted by atomic mass is 9.94. The van der Waals surface area contributed by atoms with Crippen LogP contribution in [0.15, 0.2) is 60.2 Å². The van der Waals surface area contributed by atoms with E-state index in [1.165, 1.54) is 30.5 Å². The van der Waals surface area contributed by atoms with Crippen LogP contribution in [0.5, 0.6) is 17.2 Å². The fourth-order valence-electron chi connectivity index (χ4n) is 5.22. The van der Waals surface area contributed by atoms with Gasteiger partial charge in [-0.05, 0) is 73.0 Å². The normalized spacial score (nSPS) is 19.8. The van der Waals surface area contributed by atoms with Crippen LogP contribution in [0.25, 0.3) is 16.0 Å². The minimum absolute atomic E-state index is 0.0189. The molecule has 1 fully saturated rings.